The van der Waals surface area contributed by atoms with E-state index in [9.17, 15) is 0 Å². The molecule has 0 aliphatic carbocycles. The molecular formula is C16H12N6O. The minimum atomic E-state index is -0.405. The number of amidine groups is 1. The van der Waals surface area contributed by atoms with Gasteiger partial charge < -0.3 is 10.2 Å². The first kappa shape index (κ1) is 14.3. The average molecular weight is 304 g/mol. The maximum absolute atomic E-state index is 8.86. The number of nitriles is 1. The summed E-state index contributed by atoms with van der Waals surface area (Å²) in [6.45, 7) is 0. The molecule has 7 heteroatoms. The van der Waals surface area contributed by atoms with Gasteiger partial charge in [-0.05, 0) is 24.3 Å². The van der Waals surface area contributed by atoms with Gasteiger partial charge in [-0.1, -0.05) is 24.3 Å². The van der Waals surface area contributed by atoms with E-state index in [4.69, 9.17) is 20.8 Å². The Morgan fingerprint density at radius 3 is 2.70 bits per heavy atom. The Morgan fingerprint density at radius 1 is 1.22 bits per heavy atom. The number of nitrogens with two attached hydrogens (primary N) is 1. The molecule has 7 nitrogen and oxygen atoms in total. The molecule has 3 aromatic rings. The molecule has 0 amide bonds. The molecule has 2 aromatic carbocycles. The molecule has 3 rings (SSSR count). The number of fused-ring (bicyclic) bond motifs is 1. The zero-order valence-electron chi connectivity index (χ0n) is 11.9. The van der Waals surface area contributed by atoms with Gasteiger partial charge in [-0.3, -0.25) is 10.8 Å². The predicted octanol–water partition coefficient (Wildman–Crippen LogP) is 2.72. The van der Waals surface area contributed by atoms with Crippen LogP contribution < -0.4 is 11.2 Å². The quantitative estimate of drug-likeness (QED) is 0.388. The highest BCUT2D eigenvalue weighted by molar-refractivity contribution is 6.45. The molecule has 0 unspecified atom stereocenters. The molecule has 0 saturated carbocycles. The van der Waals surface area contributed by atoms with Gasteiger partial charge in [0.25, 0.3) is 0 Å². The number of anilines is 1. The second kappa shape index (κ2) is 5.99. The Kier molecular flexibility index (Phi) is 3.72. The molecule has 1 aromatic heterocycles. The fourth-order valence-electron chi connectivity index (χ4n) is 2.00. The highest BCUT2D eigenvalue weighted by Gasteiger charge is 2.11. The Balaban J connectivity index is 2.01. The van der Waals surface area contributed by atoms with Gasteiger partial charge in [-0.15, -0.1) is 0 Å². The van der Waals surface area contributed by atoms with E-state index < -0.39 is 5.84 Å². The fraction of sp³-hybridized carbons (Fsp3) is 0. The zero-order valence-corrected chi connectivity index (χ0v) is 11.9. The minimum absolute atomic E-state index is 0.200. The van der Waals surface area contributed by atoms with Gasteiger partial charge in [0, 0.05) is 5.56 Å². The van der Waals surface area contributed by atoms with E-state index in [1.807, 2.05) is 30.3 Å². The first-order valence-electron chi connectivity index (χ1n) is 6.72. The van der Waals surface area contributed by atoms with Gasteiger partial charge >= 0.3 is 0 Å². The molecule has 0 atom stereocenters. The maximum Gasteiger partial charge on any atom is 0.227 e. The van der Waals surface area contributed by atoms with E-state index in [2.05, 4.69) is 15.5 Å². The maximum atomic E-state index is 8.86. The number of para-hydroxylation sites is 1. The average Bonchev–Trinajstić information content (AvgIpc) is 3.01. The molecule has 0 radical (unpaired) electrons. The largest absolute Gasteiger partial charge is 0.436 e. The van der Waals surface area contributed by atoms with Crippen molar-refractivity contribution in [3.05, 3.63) is 48.5 Å². The molecule has 1 heterocycles. The van der Waals surface area contributed by atoms with E-state index in [-0.39, 0.29) is 5.71 Å². The lowest BCUT2D eigenvalue weighted by Crippen LogP contribution is -2.21. The topological polar surface area (TPSA) is 124 Å². The van der Waals surface area contributed by atoms with Crippen molar-refractivity contribution in [1.29, 1.82) is 10.7 Å². The molecule has 0 saturated heterocycles. The number of oxazole rings is 1. The van der Waals surface area contributed by atoms with Crippen molar-refractivity contribution in [2.45, 2.75) is 0 Å². The summed E-state index contributed by atoms with van der Waals surface area (Å²) in [4.78, 5) is 4.47. The Bertz CT molecular complexity index is 936. The van der Waals surface area contributed by atoms with Crippen LogP contribution in [0.2, 0.25) is 0 Å². The summed E-state index contributed by atoms with van der Waals surface area (Å²) < 4.78 is 5.74. The number of aromatic nitrogens is 1. The van der Waals surface area contributed by atoms with Crippen LogP contribution in [0, 0.1) is 16.7 Å². The Labute approximate surface area is 131 Å². The van der Waals surface area contributed by atoms with Crippen LogP contribution in [-0.4, -0.2) is 16.5 Å². The van der Waals surface area contributed by atoms with E-state index in [1.165, 1.54) is 0 Å². The van der Waals surface area contributed by atoms with Crippen molar-refractivity contribution in [3.8, 4) is 17.5 Å². The molecule has 0 aliphatic rings. The van der Waals surface area contributed by atoms with Gasteiger partial charge in [-0.25, -0.2) is 4.98 Å². The van der Waals surface area contributed by atoms with Crippen molar-refractivity contribution in [1.82, 2.24) is 4.98 Å². The van der Waals surface area contributed by atoms with Crippen molar-refractivity contribution >= 4 is 28.3 Å². The molecule has 0 bridgehead atoms. The fourth-order valence-corrected chi connectivity index (χ4v) is 2.00. The number of hydrogen-bond acceptors (Lipinski definition) is 6. The van der Waals surface area contributed by atoms with Gasteiger partial charge in [0.15, 0.2) is 11.4 Å². The molecule has 0 spiro atoms. The summed E-state index contributed by atoms with van der Waals surface area (Å²) in [6, 6.07) is 16.6. The SMILES string of the molecule is N#C/C(=N\Nc1cccc2oc(-c3ccccc3)nc12)C(=N)N. The Morgan fingerprint density at radius 2 is 2.00 bits per heavy atom. The molecule has 0 fully saturated rings. The van der Waals surface area contributed by atoms with Gasteiger partial charge in [0.05, 0.1) is 5.69 Å². The van der Waals surface area contributed by atoms with Gasteiger partial charge in [0.2, 0.25) is 11.6 Å². The second-order valence-corrected chi connectivity index (χ2v) is 4.64. The number of hydrazone groups is 1. The monoisotopic (exact) mass is 304 g/mol. The number of nitrogens with zero attached hydrogens (tertiary/aromatic N) is 3. The van der Waals surface area contributed by atoms with Crippen molar-refractivity contribution < 1.29 is 4.42 Å². The lowest BCUT2D eigenvalue weighted by atomic mass is 10.2. The van der Waals surface area contributed by atoms with Gasteiger partial charge in [-0.2, -0.15) is 10.4 Å². The first-order chi connectivity index (χ1) is 11.2. The highest BCUT2D eigenvalue weighted by Crippen LogP contribution is 2.28. The van der Waals surface area contributed by atoms with Crippen LogP contribution in [0.1, 0.15) is 0 Å². The molecule has 0 aliphatic heterocycles. The molecule has 23 heavy (non-hydrogen) atoms. The molecule has 4 N–H and O–H groups in total. The summed E-state index contributed by atoms with van der Waals surface area (Å²) in [5, 5.41) is 19.9. The summed E-state index contributed by atoms with van der Waals surface area (Å²) in [7, 11) is 0. The number of nitrogens with one attached hydrogen (secondary N) is 2. The van der Waals surface area contributed by atoms with Crippen molar-refractivity contribution in [2.24, 2.45) is 10.8 Å². The second-order valence-electron chi connectivity index (χ2n) is 4.64. The summed E-state index contributed by atoms with van der Waals surface area (Å²) in [6.07, 6.45) is 0. The van der Waals surface area contributed by atoms with E-state index in [1.54, 1.807) is 24.3 Å². The summed E-state index contributed by atoms with van der Waals surface area (Å²) in [5.41, 5.74) is 10.4. The normalized spacial score (nSPS) is 11.2. The van der Waals surface area contributed by atoms with Crippen LogP contribution in [0.25, 0.3) is 22.6 Å². The number of hydrogen-bond donors (Lipinski definition) is 3. The van der Waals surface area contributed by atoms with E-state index in [0.29, 0.717) is 22.7 Å². The first-order valence-corrected chi connectivity index (χ1v) is 6.72. The Hall–Kier alpha value is -3.66. The third kappa shape index (κ3) is 2.87. The third-order valence-electron chi connectivity index (χ3n) is 3.09. The highest BCUT2D eigenvalue weighted by atomic mass is 16.3. The smallest absolute Gasteiger partial charge is 0.227 e. The minimum Gasteiger partial charge on any atom is -0.436 e. The van der Waals surface area contributed by atoms with Crippen LogP contribution in [0.4, 0.5) is 5.69 Å². The van der Waals surface area contributed by atoms with Crippen LogP contribution in [-0.2, 0) is 0 Å². The van der Waals surface area contributed by atoms with Crippen LogP contribution in [0.5, 0.6) is 0 Å². The van der Waals surface area contributed by atoms with Crippen LogP contribution >= 0.6 is 0 Å². The number of rotatable bonds is 4. The third-order valence-corrected chi connectivity index (χ3v) is 3.09. The molecule has 112 valence electrons. The lowest BCUT2D eigenvalue weighted by Gasteiger charge is -2.00. The zero-order chi connectivity index (χ0) is 16.2. The van der Waals surface area contributed by atoms with Crippen molar-refractivity contribution in [2.75, 3.05) is 5.43 Å². The molecular weight excluding hydrogens is 292 g/mol. The van der Waals surface area contributed by atoms with Crippen LogP contribution in [0.15, 0.2) is 58.0 Å². The summed E-state index contributed by atoms with van der Waals surface area (Å²) in [5.74, 6) is 0.0863. The van der Waals surface area contributed by atoms with E-state index in [0.717, 1.165) is 5.56 Å². The van der Waals surface area contributed by atoms with Gasteiger partial charge in [0.1, 0.15) is 11.6 Å². The standard InChI is InChI=1S/C16H12N6O/c17-9-12(15(18)19)22-21-11-7-4-8-13-14(11)20-16(23-13)10-5-2-1-3-6-10/h1-8,21H,(H3,18,19)/b22-12+. The predicted molar refractivity (Wildman–Crippen MR) is 88.0 cm³/mol. The summed E-state index contributed by atoms with van der Waals surface area (Å²) >= 11 is 0. The van der Waals surface area contributed by atoms with Crippen molar-refractivity contribution in [3.63, 3.8) is 0 Å². The number of benzene rings is 2. The lowest BCUT2D eigenvalue weighted by molar-refractivity contribution is 0.620. The van der Waals surface area contributed by atoms with E-state index >= 15 is 0 Å². The van der Waals surface area contributed by atoms with Crippen LogP contribution in [0.3, 0.4) is 0 Å².